The van der Waals surface area contributed by atoms with E-state index in [2.05, 4.69) is 0 Å². The molecule has 0 fully saturated rings. The average Bonchev–Trinajstić information content (AvgIpc) is 2.42. The largest absolute Gasteiger partial charge is 0.493 e. The Hall–Kier alpha value is -1.46. The molecule has 1 rings (SSSR count). The molecule has 0 aliphatic carbocycles. The van der Waals surface area contributed by atoms with E-state index < -0.39 is 6.10 Å². The molecule has 1 aromatic carbocycles. The lowest BCUT2D eigenvalue weighted by Gasteiger charge is -2.19. The van der Waals surface area contributed by atoms with Crippen LogP contribution in [0.4, 0.5) is 0 Å². The van der Waals surface area contributed by atoms with Crippen molar-refractivity contribution >= 4 is 17.5 Å². The van der Waals surface area contributed by atoms with Gasteiger partial charge in [0.15, 0.2) is 11.5 Å². The second-order valence-corrected chi connectivity index (χ2v) is 4.97. The zero-order valence-corrected chi connectivity index (χ0v) is 12.9. The van der Waals surface area contributed by atoms with Crippen LogP contribution in [0.5, 0.6) is 11.5 Å². The van der Waals surface area contributed by atoms with Crippen LogP contribution in [-0.4, -0.2) is 49.8 Å². The molecule has 1 atom stereocenters. The number of carbonyl (C=O) groups excluding carboxylic acids is 1. The van der Waals surface area contributed by atoms with Crippen molar-refractivity contribution < 1.29 is 19.4 Å². The number of hydrogen-bond acceptors (Lipinski definition) is 4. The van der Waals surface area contributed by atoms with Gasteiger partial charge in [0.25, 0.3) is 5.91 Å². The highest BCUT2D eigenvalue weighted by atomic mass is 35.5. The number of aliphatic hydroxyl groups is 1. The van der Waals surface area contributed by atoms with Gasteiger partial charge in [-0.15, -0.1) is 0 Å². The topological polar surface area (TPSA) is 59.0 Å². The molecule has 0 aliphatic rings. The van der Waals surface area contributed by atoms with Gasteiger partial charge < -0.3 is 19.5 Å². The van der Waals surface area contributed by atoms with Gasteiger partial charge in [0.1, 0.15) is 0 Å². The van der Waals surface area contributed by atoms with Gasteiger partial charge in [-0.2, -0.15) is 0 Å². The fourth-order valence-electron chi connectivity index (χ4n) is 1.74. The Kier molecular flexibility index (Phi) is 6.10. The van der Waals surface area contributed by atoms with Crippen LogP contribution in [0, 0.1) is 0 Å². The number of carbonyl (C=O) groups is 1. The van der Waals surface area contributed by atoms with E-state index in [-0.39, 0.29) is 5.91 Å². The van der Waals surface area contributed by atoms with E-state index in [1.165, 1.54) is 19.1 Å². The summed E-state index contributed by atoms with van der Waals surface area (Å²) >= 11 is 6.07. The standard InChI is InChI=1S/C14H20ClNO4/c1-9(17)5-6-16(2)14(18)10-7-11(15)13(20-4)12(8-10)19-3/h7-9,17H,5-6H2,1-4H3. The van der Waals surface area contributed by atoms with Gasteiger partial charge in [-0.05, 0) is 25.5 Å². The summed E-state index contributed by atoms with van der Waals surface area (Å²) in [6.07, 6.45) is 0.0720. The molecule has 0 aromatic heterocycles. The van der Waals surface area contributed by atoms with Gasteiger partial charge in [0.05, 0.1) is 25.3 Å². The number of methoxy groups -OCH3 is 2. The van der Waals surface area contributed by atoms with E-state index in [1.54, 1.807) is 26.1 Å². The summed E-state index contributed by atoms with van der Waals surface area (Å²) in [5.41, 5.74) is 0.417. The number of ether oxygens (including phenoxy) is 2. The summed E-state index contributed by atoms with van der Waals surface area (Å²) in [6.45, 7) is 2.15. The second-order valence-electron chi connectivity index (χ2n) is 4.56. The molecule has 112 valence electrons. The molecule has 0 aliphatic heterocycles. The zero-order valence-electron chi connectivity index (χ0n) is 12.1. The van der Waals surface area contributed by atoms with Crippen LogP contribution in [-0.2, 0) is 0 Å². The maximum Gasteiger partial charge on any atom is 0.253 e. The highest BCUT2D eigenvalue weighted by Gasteiger charge is 2.18. The van der Waals surface area contributed by atoms with E-state index >= 15 is 0 Å². The first-order chi connectivity index (χ1) is 9.40. The molecule has 20 heavy (non-hydrogen) atoms. The van der Waals surface area contributed by atoms with E-state index in [4.69, 9.17) is 21.1 Å². The van der Waals surface area contributed by atoms with Crippen molar-refractivity contribution in [2.24, 2.45) is 0 Å². The van der Waals surface area contributed by atoms with Gasteiger partial charge in [0, 0.05) is 19.2 Å². The molecule has 0 spiro atoms. The van der Waals surface area contributed by atoms with Crippen LogP contribution < -0.4 is 9.47 Å². The van der Waals surface area contributed by atoms with Crippen LogP contribution in [0.25, 0.3) is 0 Å². The smallest absolute Gasteiger partial charge is 0.253 e. The summed E-state index contributed by atoms with van der Waals surface area (Å²) < 4.78 is 10.3. The predicted octanol–water partition coefficient (Wildman–Crippen LogP) is 2.20. The van der Waals surface area contributed by atoms with Gasteiger partial charge in [-0.25, -0.2) is 0 Å². The Balaban J connectivity index is 2.96. The monoisotopic (exact) mass is 301 g/mol. The van der Waals surface area contributed by atoms with Crippen molar-refractivity contribution in [1.82, 2.24) is 4.90 Å². The molecule has 0 heterocycles. The lowest BCUT2D eigenvalue weighted by atomic mass is 10.1. The molecule has 1 N–H and O–H groups in total. The second kappa shape index (κ2) is 7.36. The van der Waals surface area contributed by atoms with Crippen LogP contribution in [0.2, 0.25) is 5.02 Å². The van der Waals surface area contributed by atoms with Gasteiger partial charge in [-0.3, -0.25) is 4.79 Å². The van der Waals surface area contributed by atoms with E-state index in [0.29, 0.717) is 35.1 Å². The minimum Gasteiger partial charge on any atom is -0.493 e. The molecule has 5 nitrogen and oxygen atoms in total. The predicted molar refractivity (Wildman–Crippen MR) is 77.8 cm³/mol. The van der Waals surface area contributed by atoms with Crippen LogP contribution in [0.15, 0.2) is 12.1 Å². The highest BCUT2D eigenvalue weighted by Crippen LogP contribution is 2.36. The van der Waals surface area contributed by atoms with Crippen LogP contribution in [0.3, 0.4) is 0 Å². The van der Waals surface area contributed by atoms with Crippen molar-refractivity contribution in [1.29, 1.82) is 0 Å². The molecule has 1 aromatic rings. The van der Waals surface area contributed by atoms with Crippen molar-refractivity contribution in [3.63, 3.8) is 0 Å². The van der Waals surface area contributed by atoms with Gasteiger partial charge in [0.2, 0.25) is 0 Å². The third kappa shape index (κ3) is 4.02. The lowest BCUT2D eigenvalue weighted by molar-refractivity contribution is 0.0768. The number of amides is 1. The number of aliphatic hydroxyl groups excluding tert-OH is 1. The van der Waals surface area contributed by atoms with Gasteiger partial charge in [-0.1, -0.05) is 11.6 Å². The maximum absolute atomic E-state index is 12.3. The summed E-state index contributed by atoms with van der Waals surface area (Å²) in [6, 6.07) is 3.13. The molecule has 0 saturated heterocycles. The minimum atomic E-state index is -0.445. The Bertz CT molecular complexity index is 476. The zero-order chi connectivity index (χ0) is 15.3. The first-order valence-corrected chi connectivity index (χ1v) is 6.63. The Morgan fingerprint density at radius 1 is 1.40 bits per heavy atom. The Morgan fingerprint density at radius 3 is 2.55 bits per heavy atom. The van der Waals surface area contributed by atoms with E-state index in [0.717, 1.165) is 0 Å². The molecule has 6 heteroatoms. The van der Waals surface area contributed by atoms with Crippen molar-refractivity contribution in [2.45, 2.75) is 19.4 Å². The van der Waals surface area contributed by atoms with Crippen molar-refractivity contribution in [2.75, 3.05) is 27.8 Å². The summed E-state index contributed by atoms with van der Waals surface area (Å²) in [4.78, 5) is 13.8. The first-order valence-electron chi connectivity index (χ1n) is 6.25. The maximum atomic E-state index is 12.3. The summed E-state index contributed by atoms with van der Waals surface area (Å²) in [5.74, 6) is 0.623. The van der Waals surface area contributed by atoms with Crippen molar-refractivity contribution in [3.8, 4) is 11.5 Å². The number of benzene rings is 1. The summed E-state index contributed by atoms with van der Waals surface area (Å²) in [5, 5.41) is 9.57. The third-order valence-electron chi connectivity index (χ3n) is 2.91. The lowest BCUT2D eigenvalue weighted by Crippen LogP contribution is -2.29. The molecular weight excluding hydrogens is 282 g/mol. The summed E-state index contributed by atoms with van der Waals surface area (Å²) in [7, 11) is 4.65. The Labute approximate surface area is 124 Å². The first kappa shape index (κ1) is 16.6. The average molecular weight is 302 g/mol. The fraction of sp³-hybridized carbons (Fsp3) is 0.500. The normalized spacial score (nSPS) is 11.9. The van der Waals surface area contributed by atoms with E-state index in [1.807, 2.05) is 0 Å². The third-order valence-corrected chi connectivity index (χ3v) is 3.19. The highest BCUT2D eigenvalue weighted by molar-refractivity contribution is 6.32. The van der Waals surface area contributed by atoms with Crippen LogP contribution >= 0.6 is 11.6 Å². The molecule has 0 radical (unpaired) electrons. The van der Waals surface area contributed by atoms with E-state index in [9.17, 15) is 9.90 Å². The minimum absolute atomic E-state index is 0.187. The van der Waals surface area contributed by atoms with Crippen LogP contribution in [0.1, 0.15) is 23.7 Å². The molecule has 0 bridgehead atoms. The molecule has 0 saturated carbocycles. The number of hydrogen-bond donors (Lipinski definition) is 1. The number of rotatable bonds is 6. The molecule has 1 unspecified atom stereocenters. The number of nitrogens with zero attached hydrogens (tertiary/aromatic N) is 1. The molecular formula is C14H20ClNO4. The molecule has 1 amide bonds. The Morgan fingerprint density at radius 2 is 2.05 bits per heavy atom. The quantitative estimate of drug-likeness (QED) is 0.875. The van der Waals surface area contributed by atoms with Crippen molar-refractivity contribution in [3.05, 3.63) is 22.7 Å². The SMILES string of the molecule is COc1cc(C(=O)N(C)CCC(C)O)cc(Cl)c1OC. The fourth-order valence-corrected chi connectivity index (χ4v) is 2.03. The number of halogens is 1. The van der Waals surface area contributed by atoms with Gasteiger partial charge >= 0.3 is 0 Å².